The van der Waals surface area contributed by atoms with Crippen molar-refractivity contribution in [2.45, 2.75) is 26.3 Å². The van der Waals surface area contributed by atoms with Gasteiger partial charge in [-0.3, -0.25) is 0 Å². The molecule has 0 aliphatic carbocycles. The molecule has 0 saturated carbocycles. The van der Waals surface area contributed by atoms with E-state index in [1.807, 2.05) is 13.8 Å². The fraction of sp³-hybridized carbons (Fsp3) is 0.455. The third kappa shape index (κ3) is 3.61. The molecule has 0 bridgehead atoms. The molecule has 3 N–H and O–H groups in total. The molecule has 0 aliphatic rings. The van der Waals surface area contributed by atoms with Gasteiger partial charge in [0, 0.05) is 16.1 Å². The highest BCUT2D eigenvalue weighted by Crippen LogP contribution is 2.35. The van der Waals surface area contributed by atoms with Gasteiger partial charge in [0.15, 0.2) is 11.6 Å². The van der Waals surface area contributed by atoms with Crippen molar-refractivity contribution in [1.29, 1.82) is 0 Å². The second-order valence-corrected chi connectivity index (χ2v) is 4.88. The van der Waals surface area contributed by atoms with Gasteiger partial charge in [-0.25, -0.2) is 4.39 Å². The maximum Gasteiger partial charge on any atom is 0.165 e. The third-order valence-electron chi connectivity index (χ3n) is 2.21. The summed E-state index contributed by atoms with van der Waals surface area (Å²) < 4.78 is 13.8. The average Bonchev–Trinajstić information content (AvgIpc) is 2.11. The van der Waals surface area contributed by atoms with Crippen LogP contribution in [0.1, 0.15) is 31.9 Å². The molecule has 0 heterocycles. The van der Waals surface area contributed by atoms with Crippen molar-refractivity contribution in [3.8, 4) is 5.75 Å². The van der Waals surface area contributed by atoms with E-state index >= 15 is 0 Å². The molecule has 0 saturated heterocycles. The summed E-state index contributed by atoms with van der Waals surface area (Å²) in [5.74, 6) is -0.584. The Bertz CT molecular complexity index is 360. The topological polar surface area (TPSA) is 46.2 Å². The number of hydrogen-bond acceptors (Lipinski definition) is 2. The number of benzene rings is 1. The van der Waals surface area contributed by atoms with Crippen molar-refractivity contribution >= 4 is 28.3 Å². The van der Waals surface area contributed by atoms with Crippen LogP contribution in [0.25, 0.3) is 0 Å². The zero-order chi connectivity index (χ0) is 11.6. The number of aromatic hydroxyl groups is 1. The summed E-state index contributed by atoms with van der Waals surface area (Å²) in [5, 5.41) is 9.58. The van der Waals surface area contributed by atoms with E-state index in [1.165, 1.54) is 6.07 Å². The average molecular weight is 313 g/mol. The van der Waals surface area contributed by atoms with Crippen LogP contribution >= 0.6 is 28.3 Å². The molecular formula is C11H16BrClFNO. The van der Waals surface area contributed by atoms with Gasteiger partial charge in [-0.1, -0.05) is 29.8 Å². The maximum absolute atomic E-state index is 13.1. The molecular weight excluding hydrogens is 296 g/mol. The predicted octanol–water partition coefficient (Wildman–Crippen LogP) is 3.76. The van der Waals surface area contributed by atoms with Crippen molar-refractivity contribution in [2.75, 3.05) is 0 Å². The van der Waals surface area contributed by atoms with Gasteiger partial charge in [-0.2, -0.15) is 0 Å². The van der Waals surface area contributed by atoms with Crippen LogP contribution in [0.2, 0.25) is 0 Å². The van der Waals surface area contributed by atoms with E-state index in [-0.39, 0.29) is 24.2 Å². The Hall–Kier alpha value is -0.320. The summed E-state index contributed by atoms with van der Waals surface area (Å²) in [5.41, 5.74) is 6.36. The number of phenolic OH excluding ortho intramolecular Hbond substituents is 1. The molecule has 0 radical (unpaired) electrons. The van der Waals surface area contributed by atoms with E-state index in [0.29, 0.717) is 22.4 Å². The second-order valence-electron chi connectivity index (χ2n) is 4.03. The van der Waals surface area contributed by atoms with Crippen LogP contribution < -0.4 is 5.73 Å². The lowest BCUT2D eigenvalue weighted by Gasteiger charge is -2.17. The minimum absolute atomic E-state index is 0. The van der Waals surface area contributed by atoms with Gasteiger partial charge in [0.05, 0.1) is 0 Å². The zero-order valence-corrected chi connectivity index (χ0v) is 11.6. The minimum Gasteiger partial charge on any atom is -0.505 e. The molecule has 0 aliphatic heterocycles. The molecule has 1 aromatic rings. The Morgan fingerprint density at radius 1 is 1.44 bits per heavy atom. The molecule has 16 heavy (non-hydrogen) atoms. The first-order valence-corrected chi connectivity index (χ1v) is 5.65. The minimum atomic E-state index is -0.632. The van der Waals surface area contributed by atoms with Crippen molar-refractivity contribution in [1.82, 2.24) is 0 Å². The van der Waals surface area contributed by atoms with Crippen LogP contribution in [-0.4, -0.2) is 5.11 Å². The number of phenols is 1. The predicted molar refractivity (Wildman–Crippen MR) is 69.4 cm³/mol. The summed E-state index contributed by atoms with van der Waals surface area (Å²) in [6.07, 6.45) is 0.704. The molecule has 0 spiro atoms. The highest BCUT2D eigenvalue weighted by atomic mass is 79.9. The van der Waals surface area contributed by atoms with Crippen LogP contribution in [-0.2, 0) is 0 Å². The van der Waals surface area contributed by atoms with E-state index in [0.717, 1.165) is 0 Å². The highest BCUT2D eigenvalue weighted by molar-refractivity contribution is 9.10. The molecule has 1 atom stereocenters. The summed E-state index contributed by atoms with van der Waals surface area (Å²) in [6.45, 7) is 4.06. The van der Waals surface area contributed by atoms with Crippen LogP contribution in [0.3, 0.4) is 0 Å². The standard InChI is InChI=1S/C11H15BrFNO.ClH/c1-6(2)5-9(14)10-7(12)3-4-8(13)11(10)15;/h3-4,6,9,15H,5,14H2,1-2H3;1H/t9-;/m1./s1. The Balaban J connectivity index is 0.00000225. The molecule has 5 heteroatoms. The lowest BCUT2D eigenvalue weighted by molar-refractivity contribution is 0.410. The van der Waals surface area contributed by atoms with Gasteiger partial charge in [0.1, 0.15) is 0 Å². The van der Waals surface area contributed by atoms with Crippen LogP contribution in [0, 0.1) is 11.7 Å². The van der Waals surface area contributed by atoms with E-state index in [4.69, 9.17) is 5.73 Å². The van der Waals surface area contributed by atoms with Crippen molar-refractivity contribution in [3.63, 3.8) is 0 Å². The third-order valence-corrected chi connectivity index (χ3v) is 2.90. The van der Waals surface area contributed by atoms with Crippen LogP contribution in [0.15, 0.2) is 16.6 Å². The van der Waals surface area contributed by atoms with Gasteiger partial charge in [0.2, 0.25) is 0 Å². The van der Waals surface area contributed by atoms with Gasteiger partial charge < -0.3 is 10.8 Å². The van der Waals surface area contributed by atoms with Crippen LogP contribution in [0.5, 0.6) is 5.75 Å². The zero-order valence-electron chi connectivity index (χ0n) is 9.21. The van der Waals surface area contributed by atoms with Crippen molar-refractivity contribution in [3.05, 3.63) is 28.0 Å². The monoisotopic (exact) mass is 311 g/mol. The lowest BCUT2D eigenvalue weighted by atomic mass is 9.97. The molecule has 1 aromatic carbocycles. The summed E-state index contributed by atoms with van der Waals surface area (Å²) in [6, 6.07) is 2.42. The van der Waals surface area contributed by atoms with E-state index < -0.39 is 5.82 Å². The van der Waals surface area contributed by atoms with Crippen molar-refractivity contribution in [2.24, 2.45) is 11.7 Å². The fourth-order valence-electron chi connectivity index (χ4n) is 1.54. The molecule has 1 rings (SSSR count). The van der Waals surface area contributed by atoms with Gasteiger partial charge in [0.25, 0.3) is 0 Å². The summed E-state index contributed by atoms with van der Waals surface area (Å²) in [7, 11) is 0. The lowest BCUT2D eigenvalue weighted by Crippen LogP contribution is -2.14. The van der Waals surface area contributed by atoms with E-state index in [2.05, 4.69) is 15.9 Å². The number of rotatable bonds is 3. The van der Waals surface area contributed by atoms with Crippen molar-refractivity contribution < 1.29 is 9.50 Å². The molecule has 0 aromatic heterocycles. The first-order valence-electron chi connectivity index (χ1n) is 4.86. The normalized spacial score (nSPS) is 12.4. The highest BCUT2D eigenvalue weighted by Gasteiger charge is 2.18. The molecule has 0 fully saturated rings. The molecule has 0 amide bonds. The number of nitrogens with two attached hydrogens (primary N) is 1. The first-order chi connectivity index (χ1) is 6.93. The Labute approximate surface area is 110 Å². The fourth-order valence-corrected chi connectivity index (χ4v) is 2.15. The Morgan fingerprint density at radius 3 is 2.50 bits per heavy atom. The largest absolute Gasteiger partial charge is 0.505 e. The first kappa shape index (κ1) is 15.7. The smallest absolute Gasteiger partial charge is 0.165 e. The Morgan fingerprint density at radius 2 is 2.00 bits per heavy atom. The SMILES string of the molecule is CC(C)C[C@@H](N)c1c(Br)ccc(F)c1O.Cl. The maximum atomic E-state index is 13.1. The summed E-state index contributed by atoms with van der Waals surface area (Å²) >= 11 is 3.27. The molecule has 0 unspecified atom stereocenters. The van der Waals surface area contributed by atoms with Gasteiger partial charge in [-0.15, -0.1) is 12.4 Å². The van der Waals surface area contributed by atoms with Gasteiger partial charge in [-0.05, 0) is 24.5 Å². The van der Waals surface area contributed by atoms with Crippen LogP contribution in [0.4, 0.5) is 4.39 Å². The van der Waals surface area contributed by atoms with Gasteiger partial charge >= 0.3 is 0 Å². The quantitative estimate of drug-likeness (QED) is 0.892. The second kappa shape index (κ2) is 6.42. The Kier molecular flexibility index (Phi) is 6.30. The van der Waals surface area contributed by atoms with E-state index in [9.17, 15) is 9.50 Å². The summed E-state index contributed by atoms with van der Waals surface area (Å²) in [4.78, 5) is 0. The molecule has 2 nitrogen and oxygen atoms in total. The number of hydrogen-bond donors (Lipinski definition) is 2. The molecule has 92 valence electrons. The van der Waals surface area contributed by atoms with E-state index in [1.54, 1.807) is 6.07 Å². The number of halogens is 3.